The number of hydrogen-bond donors (Lipinski definition) is 2. The van der Waals surface area contributed by atoms with Crippen molar-refractivity contribution in [2.45, 2.75) is 25.9 Å². The summed E-state index contributed by atoms with van der Waals surface area (Å²) in [6, 6.07) is -0.0904. The van der Waals surface area contributed by atoms with Crippen LogP contribution in [0.3, 0.4) is 0 Å². The van der Waals surface area contributed by atoms with Gasteiger partial charge in [0.05, 0.1) is 13.1 Å². The third kappa shape index (κ3) is 4.36. The fourth-order valence-corrected chi connectivity index (χ4v) is 2.07. The molecule has 110 valence electrons. The first-order valence-corrected chi connectivity index (χ1v) is 6.42. The Morgan fingerprint density at radius 2 is 2.05 bits per heavy atom. The Kier molecular flexibility index (Phi) is 5.56. The van der Waals surface area contributed by atoms with Crippen LogP contribution in [0.2, 0.25) is 0 Å². The summed E-state index contributed by atoms with van der Waals surface area (Å²) in [6.45, 7) is 5.29. The van der Waals surface area contributed by atoms with E-state index < -0.39 is 11.6 Å². The Morgan fingerprint density at radius 1 is 1.42 bits per heavy atom. The molecule has 2 N–H and O–H groups in total. The normalized spacial score (nSPS) is 16.9. The quantitative estimate of drug-likeness (QED) is 0.681. The summed E-state index contributed by atoms with van der Waals surface area (Å²) in [5, 5.41) is 17.3. The van der Waals surface area contributed by atoms with E-state index in [9.17, 15) is 9.59 Å². The molecule has 7 nitrogen and oxygen atoms in total. The molecule has 1 fully saturated rings. The predicted molar refractivity (Wildman–Crippen MR) is 67.9 cm³/mol. The van der Waals surface area contributed by atoms with E-state index in [1.165, 1.54) is 0 Å². The van der Waals surface area contributed by atoms with Crippen LogP contribution in [0.25, 0.3) is 0 Å². The van der Waals surface area contributed by atoms with Gasteiger partial charge in [0, 0.05) is 19.7 Å². The van der Waals surface area contributed by atoms with Crippen LogP contribution in [0.4, 0.5) is 4.79 Å². The zero-order valence-corrected chi connectivity index (χ0v) is 11.5. The molecule has 0 aromatic rings. The minimum absolute atomic E-state index is 0.0587. The second-order valence-electron chi connectivity index (χ2n) is 4.93. The number of rotatable bonds is 7. The summed E-state index contributed by atoms with van der Waals surface area (Å²) >= 11 is 0. The van der Waals surface area contributed by atoms with E-state index in [0.717, 1.165) is 0 Å². The van der Waals surface area contributed by atoms with E-state index in [-0.39, 0.29) is 19.2 Å². The highest BCUT2D eigenvalue weighted by Crippen LogP contribution is 2.25. The summed E-state index contributed by atoms with van der Waals surface area (Å²) in [6.07, 6.45) is 0.556. The molecular weight excluding hydrogens is 252 g/mol. The Morgan fingerprint density at radius 3 is 2.53 bits per heavy atom. The number of urea groups is 1. The number of carbonyl (C=O) groups excluding carboxylic acids is 1. The van der Waals surface area contributed by atoms with Crippen molar-refractivity contribution in [3.05, 3.63) is 0 Å². The third-order valence-electron chi connectivity index (χ3n) is 3.10. The Balaban J connectivity index is 2.39. The van der Waals surface area contributed by atoms with Gasteiger partial charge in [-0.3, -0.25) is 0 Å². The van der Waals surface area contributed by atoms with Crippen molar-refractivity contribution in [1.82, 2.24) is 9.80 Å². The fourth-order valence-electron chi connectivity index (χ4n) is 2.07. The number of ether oxygens (including phenoxy) is 1. The van der Waals surface area contributed by atoms with Crippen molar-refractivity contribution in [2.24, 2.45) is 0 Å². The molecule has 1 aliphatic rings. The topological polar surface area (TPSA) is 90.3 Å². The number of aliphatic carboxylic acids is 1. The number of carboxylic acids is 1. The van der Waals surface area contributed by atoms with Crippen molar-refractivity contribution in [3.8, 4) is 0 Å². The number of likely N-dealkylation sites (tertiary alicyclic amines) is 1. The van der Waals surface area contributed by atoms with Gasteiger partial charge in [-0.05, 0) is 20.3 Å². The van der Waals surface area contributed by atoms with E-state index in [2.05, 4.69) is 0 Å². The third-order valence-corrected chi connectivity index (χ3v) is 3.10. The summed E-state index contributed by atoms with van der Waals surface area (Å²) in [5.74, 6) is -1.01. The van der Waals surface area contributed by atoms with Gasteiger partial charge in [-0.15, -0.1) is 0 Å². The summed E-state index contributed by atoms with van der Waals surface area (Å²) < 4.78 is 5.25. The van der Waals surface area contributed by atoms with Crippen LogP contribution in [0.5, 0.6) is 0 Å². The SMILES string of the molecule is CCN(CCCO)C(=O)N1CC(C)(OCC(=O)O)C1. The number of carbonyl (C=O) groups is 2. The van der Waals surface area contributed by atoms with Gasteiger partial charge in [-0.1, -0.05) is 0 Å². The van der Waals surface area contributed by atoms with Gasteiger partial charge in [0.15, 0.2) is 0 Å². The van der Waals surface area contributed by atoms with Gasteiger partial charge in [0.25, 0.3) is 0 Å². The number of amides is 2. The van der Waals surface area contributed by atoms with Gasteiger partial charge in [-0.25, -0.2) is 9.59 Å². The van der Waals surface area contributed by atoms with Crippen LogP contribution in [0.15, 0.2) is 0 Å². The first-order valence-electron chi connectivity index (χ1n) is 6.42. The molecule has 0 spiro atoms. The maximum absolute atomic E-state index is 12.1. The van der Waals surface area contributed by atoms with Crippen molar-refractivity contribution in [2.75, 3.05) is 39.4 Å². The summed E-state index contributed by atoms with van der Waals surface area (Å²) in [5.41, 5.74) is -0.565. The largest absolute Gasteiger partial charge is 0.480 e. The molecule has 0 saturated carbocycles. The molecule has 1 heterocycles. The van der Waals surface area contributed by atoms with E-state index >= 15 is 0 Å². The van der Waals surface area contributed by atoms with Crippen LogP contribution in [-0.4, -0.2) is 77.0 Å². The maximum atomic E-state index is 12.1. The second-order valence-corrected chi connectivity index (χ2v) is 4.93. The zero-order chi connectivity index (χ0) is 14.5. The van der Waals surface area contributed by atoms with Crippen LogP contribution in [-0.2, 0) is 9.53 Å². The second kappa shape index (κ2) is 6.72. The summed E-state index contributed by atoms with van der Waals surface area (Å²) in [7, 11) is 0. The average molecular weight is 274 g/mol. The van der Waals surface area contributed by atoms with E-state index in [0.29, 0.717) is 32.6 Å². The number of aliphatic hydroxyl groups excluding tert-OH is 1. The smallest absolute Gasteiger partial charge is 0.329 e. The van der Waals surface area contributed by atoms with Gasteiger partial charge in [0.1, 0.15) is 12.2 Å². The first-order chi connectivity index (χ1) is 8.91. The molecule has 0 unspecified atom stereocenters. The lowest BCUT2D eigenvalue weighted by atomic mass is 9.97. The molecule has 0 aliphatic carbocycles. The van der Waals surface area contributed by atoms with Gasteiger partial charge < -0.3 is 24.7 Å². The van der Waals surface area contributed by atoms with Crippen LogP contribution < -0.4 is 0 Å². The van der Waals surface area contributed by atoms with Gasteiger partial charge in [-0.2, -0.15) is 0 Å². The minimum Gasteiger partial charge on any atom is -0.480 e. The van der Waals surface area contributed by atoms with Crippen LogP contribution in [0, 0.1) is 0 Å². The zero-order valence-electron chi connectivity index (χ0n) is 11.5. The molecule has 19 heavy (non-hydrogen) atoms. The Bertz CT molecular complexity index is 328. The Hall–Kier alpha value is -1.34. The van der Waals surface area contributed by atoms with E-state index in [4.69, 9.17) is 14.9 Å². The maximum Gasteiger partial charge on any atom is 0.329 e. The predicted octanol–water partition coefficient (Wildman–Crippen LogP) is -0.0138. The Labute approximate surface area is 112 Å². The standard InChI is InChI=1S/C12H22N2O5/c1-3-13(5-4-6-15)11(18)14-8-12(2,9-14)19-7-10(16)17/h15H,3-9H2,1-2H3,(H,16,17). The monoisotopic (exact) mass is 274 g/mol. The summed E-state index contributed by atoms with van der Waals surface area (Å²) in [4.78, 5) is 25.8. The molecule has 1 saturated heterocycles. The number of nitrogens with zero attached hydrogens (tertiary/aromatic N) is 2. The number of hydrogen-bond acceptors (Lipinski definition) is 4. The molecule has 2 amide bonds. The van der Waals surface area contributed by atoms with Crippen molar-refractivity contribution >= 4 is 12.0 Å². The molecule has 1 aliphatic heterocycles. The lowest BCUT2D eigenvalue weighted by Crippen LogP contribution is -2.65. The van der Waals surface area contributed by atoms with Gasteiger partial charge in [0.2, 0.25) is 0 Å². The lowest BCUT2D eigenvalue weighted by Gasteiger charge is -2.48. The van der Waals surface area contributed by atoms with Crippen molar-refractivity contribution in [3.63, 3.8) is 0 Å². The van der Waals surface area contributed by atoms with Gasteiger partial charge >= 0.3 is 12.0 Å². The number of carboxylic acid groups (broad SMARTS) is 1. The average Bonchev–Trinajstić information content (AvgIpc) is 2.33. The minimum atomic E-state index is -1.01. The number of aliphatic hydroxyl groups is 1. The fraction of sp³-hybridized carbons (Fsp3) is 0.833. The van der Waals surface area contributed by atoms with Crippen molar-refractivity contribution in [1.29, 1.82) is 0 Å². The van der Waals surface area contributed by atoms with E-state index in [1.54, 1.807) is 16.7 Å². The molecule has 0 aromatic heterocycles. The molecule has 0 radical (unpaired) electrons. The molecule has 7 heteroatoms. The lowest BCUT2D eigenvalue weighted by molar-refractivity contribution is -0.160. The highest BCUT2D eigenvalue weighted by molar-refractivity contribution is 5.75. The molecule has 0 aromatic carbocycles. The first kappa shape index (κ1) is 15.7. The molecular formula is C12H22N2O5. The van der Waals surface area contributed by atoms with Crippen LogP contribution in [0.1, 0.15) is 20.3 Å². The van der Waals surface area contributed by atoms with Crippen LogP contribution >= 0.6 is 0 Å². The van der Waals surface area contributed by atoms with E-state index in [1.807, 2.05) is 6.92 Å². The van der Waals surface area contributed by atoms with Crippen molar-refractivity contribution < 1.29 is 24.5 Å². The highest BCUT2D eigenvalue weighted by Gasteiger charge is 2.43. The molecule has 1 rings (SSSR count). The molecule has 0 atom stereocenters. The molecule has 0 bridgehead atoms. The highest BCUT2D eigenvalue weighted by atomic mass is 16.5.